The first-order valence-corrected chi connectivity index (χ1v) is 8.15. The predicted octanol–water partition coefficient (Wildman–Crippen LogP) is 2.36. The molecule has 0 radical (unpaired) electrons. The number of hydrogen-bond acceptors (Lipinski definition) is 6. The van der Waals surface area contributed by atoms with Gasteiger partial charge in [0, 0.05) is 12.7 Å². The van der Waals surface area contributed by atoms with Crippen molar-refractivity contribution < 1.29 is 19.4 Å². The highest BCUT2D eigenvalue weighted by molar-refractivity contribution is 6.09. The maximum atomic E-state index is 12.3. The zero-order chi connectivity index (χ0) is 19.6. The fourth-order valence-corrected chi connectivity index (χ4v) is 2.27. The van der Waals surface area contributed by atoms with Gasteiger partial charge < -0.3 is 20.5 Å². The highest BCUT2D eigenvalue weighted by Gasteiger charge is 2.15. The molecule has 0 aliphatic carbocycles. The number of benzene rings is 2. The number of carbonyl (C=O) groups excluding carboxylic acids is 2. The van der Waals surface area contributed by atoms with E-state index in [1.807, 2.05) is 6.07 Å². The van der Waals surface area contributed by atoms with E-state index in [0.29, 0.717) is 13.0 Å². The van der Waals surface area contributed by atoms with E-state index in [4.69, 9.17) is 0 Å². The molecule has 2 aromatic rings. The van der Waals surface area contributed by atoms with Gasteiger partial charge in [0.1, 0.15) is 17.4 Å². The summed E-state index contributed by atoms with van der Waals surface area (Å²) in [6.45, 7) is 0.502. The first-order chi connectivity index (χ1) is 13.0. The van der Waals surface area contributed by atoms with Crippen LogP contribution < -0.4 is 10.6 Å². The number of carbonyl (C=O) groups is 2. The molecule has 138 valence electrons. The molecule has 7 nitrogen and oxygen atoms in total. The van der Waals surface area contributed by atoms with Crippen molar-refractivity contribution in [3.63, 3.8) is 0 Å². The van der Waals surface area contributed by atoms with E-state index in [1.54, 1.807) is 42.5 Å². The number of rotatable bonds is 7. The number of anilines is 1. The van der Waals surface area contributed by atoms with Crippen molar-refractivity contribution in [2.75, 3.05) is 19.0 Å². The second kappa shape index (κ2) is 9.63. The lowest BCUT2D eigenvalue weighted by Gasteiger charge is -2.09. The Morgan fingerprint density at radius 3 is 2.56 bits per heavy atom. The number of nitriles is 1. The number of ether oxygens (including phenoxy) is 1. The molecule has 0 unspecified atom stereocenters. The molecule has 7 heteroatoms. The molecule has 0 saturated carbocycles. The molecule has 0 saturated heterocycles. The molecule has 1 amide bonds. The SMILES string of the molecule is COC(=O)c1ccccc1NC(=O)/C(C#N)=C\NCCc1ccc(O)cc1. The summed E-state index contributed by atoms with van der Waals surface area (Å²) in [5.74, 6) is -1.02. The van der Waals surface area contributed by atoms with E-state index in [2.05, 4.69) is 15.4 Å². The van der Waals surface area contributed by atoms with E-state index in [1.165, 1.54) is 19.4 Å². The van der Waals surface area contributed by atoms with Crippen molar-refractivity contribution >= 4 is 17.6 Å². The van der Waals surface area contributed by atoms with Gasteiger partial charge in [-0.05, 0) is 36.2 Å². The van der Waals surface area contributed by atoms with Gasteiger partial charge in [0.15, 0.2) is 0 Å². The van der Waals surface area contributed by atoms with Crippen molar-refractivity contribution in [3.05, 3.63) is 71.4 Å². The summed E-state index contributed by atoms with van der Waals surface area (Å²) in [4.78, 5) is 24.0. The van der Waals surface area contributed by atoms with Crippen LogP contribution in [0, 0.1) is 11.3 Å². The molecule has 0 spiro atoms. The number of nitrogens with zero attached hydrogens (tertiary/aromatic N) is 1. The van der Waals surface area contributed by atoms with Gasteiger partial charge in [0.25, 0.3) is 5.91 Å². The number of amides is 1. The monoisotopic (exact) mass is 365 g/mol. The average molecular weight is 365 g/mol. The smallest absolute Gasteiger partial charge is 0.339 e. The van der Waals surface area contributed by atoms with Crippen molar-refractivity contribution in [1.29, 1.82) is 5.26 Å². The van der Waals surface area contributed by atoms with E-state index < -0.39 is 11.9 Å². The zero-order valence-corrected chi connectivity index (χ0v) is 14.7. The van der Waals surface area contributed by atoms with E-state index in [9.17, 15) is 20.0 Å². The van der Waals surface area contributed by atoms with Crippen LogP contribution in [0.1, 0.15) is 15.9 Å². The lowest BCUT2D eigenvalue weighted by atomic mass is 10.1. The number of esters is 1. The Hall–Kier alpha value is -3.79. The number of aromatic hydroxyl groups is 1. The van der Waals surface area contributed by atoms with Crippen LogP contribution in [0.15, 0.2) is 60.3 Å². The Bertz CT molecular complexity index is 883. The van der Waals surface area contributed by atoms with Crippen molar-refractivity contribution in [1.82, 2.24) is 5.32 Å². The largest absolute Gasteiger partial charge is 0.508 e. The predicted molar refractivity (Wildman–Crippen MR) is 99.9 cm³/mol. The molecule has 0 aromatic heterocycles. The normalized spacial score (nSPS) is 10.6. The molecule has 27 heavy (non-hydrogen) atoms. The summed E-state index contributed by atoms with van der Waals surface area (Å²) in [5, 5.41) is 23.9. The summed E-state index contributed by atoms with van der Waals surface area (Å²) in [6.07, 6.45) is 1.98. The van der Waals surface area contributed by atoms with E-state index in [-0.39, 0.29) is 22.6 Å². The molecule has 0 bridgehead atoms. The minimum absolute atomic E-state index is 0.125. The molecule has 2 rings (SSSR count). The standard InChI is InChI=1S/C20H19N3O4/c1-27-20(26)17-4-2-3-5-18(17)23-19(25)15(12-21)13-22-11-10-14-6-8-16(24)9-7-14/h2-9,13,22,24H,10-11H2,1H3,(H,23,25)/b15-13-. The molecule has 0 atom stereocenters. The fourth-order valence-electron chi connectivity index (χ4n) is 2.27. The fraction of sp³-hybridized carbons (Fsp3) is 0.150. The Labute approximate surface area is 156 Å². The zero-order valence-electron chi connectivity index (χ0n) is 14.7. The maximum absolute atomic E-state index is 12.3. The van der Waals surface area contributed by atoms with Gasteiger partial charge >= 0.3 is 5.97 Å². The van der Waals surface area contributed by atoms with Crippen LogP contribution in [-0.2, 0) is 16.0 Å². The number of hydrogen-bond donors (Lipinski definition) is 3. The molecular weight excluding hydrogens is 346 g/mol. The topological polar surface area (TPSA) is 111 Å². The van der Waals surface area contributed by atoms with Gasteiger partial charge in [-0.1, -0.05) is 24.3 Å². The molecule has 2 aromatic carbocycles. The summed E-state index contributed by atoms with van der Waals surface area (Å²) < 4.78 is 4.68. The molecule has 0 aliphatic rings. The third-order valence-corrected chi connectivity index (χ3v) is 3.69. The first-order valence-electron chi connectivity index (χ1n) is 8.15. The van der Waals surface area contributed by atoms with E-state index in [0.717, 1.165) is 5.56 Å². The van der Waals surface area contributed by atoms with Crippen LogP contribution in [0.5, 0.6) is 5.75 Å². The molecular formula is C20H19N3O4. The summed E-state index contributed by atoms with van der Waals surface area (Å²) in [6, 6.07) is 15.0. The highest BCUT2D eigenvalue weighted by Crippen LogP contribution is 2.16. The number of nitrogens with one attached hydrogen (secondary N) is 2. The van der Waals surface area contributed by atoms with Gasteiger partial charge in [-0.2, -0.15) is 5.26 Å². The number of phenolic OH excluding ortho intramolecular Hbond substituents is 1. The summed E-state index contributed by atoms with van der Waals surface area (Å²) in [7, 11) is 1.25. The Morgan fingerprint density at radius 2 is 1.89 bits per heavy atom. The van der Waals surface area contributed by atoms with Crippen molar-refractivity contribution in [2.24, 2.45) is 0 Å². The van der Waals surface area contributed by atoms with Gasteiger partial charge in [-0.25, -0.2) is 4.79 Å². The Balaban J connectivity index is 1.97. The minimum atomic E-state index is -0.633. The second-order valence-electron chi connectivity index (χ2n) is 5.53. The second-order valence-corrected chi connectivity index (χ2v) is 5.53. The van der Waals surface area contributed by atoms with Crippen LogP contribution in [-0.4, -0.2) is 30.6 Å². The Kier molecular flexibility index (Phi) is 6.97. The highest BCUT2D eigenvalue weighted by atomic mass is 16.5. The van der Waals surface area contributed by atoms with Gasteiger partial charge in [0.2, 0.25) is 0 Å². The lowest BCUT2D eigenvalue weighted by molar-refractivity contribution is -0.112. The van der Waals surface area contributed by atoms with Crippen LogP contribution in [0.3, 0.4) is 0 Å². The third kappa shape index (κ3) is 5.61. The number of para-hydroxylation sites is 1. The first kappa shape index (κ1) is 19.5. The third-order valence-electron chi connectivity index (χ3n) is 3.69. The van der Waals surface area contributed by atoms with Crippen LogP contribution >= 0.6 is 0 Å². The van der Waals surface area contributed by atoms with Crippen LogP contribution in [0.25, 0.3) is 0 Å². The Morgan fingerprint density at radius 1 is 1.19 bits per heavy atom. The lowest BCUT2D eigenvalue weighted by Crippen LogP contribution is -2.19. The van der Waals surface area contributed by atoms with Crippen LogP contribution in [0.4, 0.5) is 5.69 Å². The van der Waals surface area contributed by atoms with Crippen molar-refractivity contribution in [3.8, 4) is 11.8 Å². The average Bonchev–Trinajstić information content (AvgIpc) is 2.69. The van der Waals surface area contributed by atoms with Crippen LogP contribution in [0.2, 0.25) is 0 Å². The van der Waals surface area contributed by atoms with Gasteiger partial charge in [0.05, 0.1) is 18.4 Å². The number of phenols is 1. The molecule has 3 N–H and O–H groups in total. The molecule has 0 heterocycles. The maximum Gasteiger partial charge on any atom is 0.339 e. The van der Waals surface area contributed by atoms with Crippen molar-refractivity contribution in [2.45, 2.75) is 6.42 Å². The molecule has 0 aliphatic heterocycles. The summed E-state index contributed by atoms with van der Waals surface area (Å²) in [5.41, 5.74) is 1.34. The van der Waals surface area contributed by atoms with E-state index >= 15 is 0 Å². The number of methoxy groups -OCH3 is 1. The minimum Gasteiger partial charge on any atom is -0.508 e. The van der Waals surface area contributed by atoms with Gasteiger partial charge in [-0.3, -0.25) is 4.79 Å². The summed E-state index contributed by atoms with van der Waals surface area (Å²) >= 11 is 0. The quantitative estimate of drug-likeness (QED) is 0.301. The van der Waals surface area contributed by atoms with Gasteiger partial charge in [-0.15, -0.1) is 0 Å². The molecule has 0 fully saturated rings.